The van der Waals surface area contributed by atoms with Gasteiger partial charge in [0, 0.05) is 12.6 Å². The van der Waals surface area contributed by atoms with Crippen LogP contribution in [0.3, 0.4) is 0 Å². The highest BCUT2D eigenvalue weighted by atomic mass is 15.3. The Hall–Kier alpha value is -0.900. The second-order valence-electron chi connectivity index (χ2n) is 5.32. The molecule has 1 aliphatic carbocycles. The van der Waals surface area contributed by atoms with Gasteiger partial charge in [-0.1, -0.05) is 39.0 Å². The Balaban J connectivity index is 1.80. The van der Waals surface area contributed by atoms with E-state index in [9.17, 15) is 0 Å². The minimum absolute atomic E-state index is 0.678. The predicted octanol–water partition coefficient (Wildman–Crippen LogP) is 2.89. The minimum Gasteiger partial charge on any atom is -0.307 e. The summed E-state index contributed by atoms with van der Waals surface area (Å²) in [7, 11) is 0. The molecule has 4 nitrogen and oxygen atoms in total. The third kappa shape index (κ3) is 4.09. The van der Waals surface area contributed by atoms with Gasteiger partial charge in [0.25, 0.3) is 0 Å². The van der Waals surface area contributed by atoms with Crippen LogP contribution in [0.15, 0.2) is 6.33 Å². The van der Waals surface area contributed by atoms with E-state index in [4.69, 9.17) is 0 Å². The maximum Gasteiger partial charge on any atom is 0.140 e. The Morgan fingerprint density at radius 3 is 2.67 bits per heavy atom. The van der Waals surface area contributed by atoms with Crippen LogP contribution in [0, 0.1) is 0 Å². The molecule has 102 valence electrons. The predicted molar refractivity (Wildman–Crippen MR) is 73.3 cm³/mol. The van der Waals surface area contributed by atoms with Gasteiger partial charge in [-0.3, -0.25) is 0 Å². The molecule has 18 heavy (non-hydrogen) atoms. The molecule has 4 heteroatoms. The molecule has 0 radical (unpaired) electrons. The number of hydrogen-bond donors (Lipinski definition) is 1. The van der Waals surface area contributed by atoms with Crippen LogP contribution in [0.1, 0.15) is 64.1 Å². The van der Waals surface area contributed by atoms with Gasteiger partial charge < -0.3 is 5.32 Å². The van der Waals surface area contributed by atoms with Crippen LogP contribution in [0.2, 0.25) is 0 Å². The van der Waals surface area contributed by atoms with Crippen LogP contribution in [-0.2, 0) is 13.1 Å². The number of rotatable bonds is 5. The van der Waals surface area contributed by atoms with Gasteiger partial charge in [-0.2, -0.15) is 5.10 Å². The molecular weight excluding hydrogens is 224 g/mol. The summed E-state index contributed by atoms with van der Waals surface area (Å²) in [5.74, 6) is 1.08. The zero-order chi connectivity index (χ0) is 12.6. The zero-order valence-corrected chi connectivity index (χ0v) is 11.6. The van der Waals surface area contributed by atoms with E-state index in [1.54, 1.807) is 6.33 Å². The fraction of sp³-hybridized carbons (Fsp3) is 0.857. The van der Waals surface area contributed by atoms with Crippen LogP contribution in [0.5, 0.6) is 0 Å². The van der Waals surface area contributed by atoms with E-state index in [1.165, 1.54) is 44.9 Å². The molecule has 2 rings (SSSR count). The van der Waals surface area contributed by atoms with Crippen molar-refractivity contribution in [2.75, 3.05) is 0 Å². The molecule has 1 heterocycles. The molecule has 0 saturated heterocycles. The van der Waals surface area contributed by atoms with E-state index in [-0.39, 0.29) is 0 Å². The molecule has 1 aromatic rings. The second kappa shape index (κ2) is 7.52. The van der Waals surface area contributed by atoms with Crippen LogP contribution < -0.4 is 5.32 Å². The molecule has 1 fully saturated rings. The zero-order valence-electron chi connectivity index (χ0n) is 11.6. The molecule has 0 bridgehead atoms. The minimum atomic E-state index is 0.678. The highest BCUT2D eigenvalue weighted by Gasteiger charge is 2.12. The lowest BCUT2D eigenvalue weighted by Crippen LogP contribution is -2.30. The summed E-state index contributed by atoms with van der Waals surface area (Å²) in [5.41, 5.74) is 0. The van der Waals surface area contributed by atoms with Crippen molar-refractivity contribution in [3.63, 3.8) is 0 Å². The Morgan fingerprint density at radius 1 is 1.22 bits per heavy atom. The van der Waals surface area contributed by atoms with E-state index in [1.807, 2.05) is 4.68 Å². The summed E-state index contributed by atoms with van der Waals surface area (Å²) in [6.07, 6.45) is 12.4. The standard InChI is InChI=1S/C14H26N4/c1-2-10-18-14(16-12-17-18)11-15-13-8-6-4-3-5-7-9-13/h12-13,15H,2-11H2,1H3. The summed E-state index contributed by atoms with van der Waals surface area (Å²) in [5, 5.41) is 7.94. The van der Waals surface area contributed by atoms with E-state index < -0.39 is 0 Å². The highest BCUT2D eigenvalue weighted by molar-refractivity contribution is 4.85. The summed E-state index contributed by atoms with van der Waals surface area (Å²) in [6.45, 7) is 4.01. The number of nitrogens with one attached hydrogen (secondary N) is 1. The normalized spacial score (nSPS) is 18.5. The Bertz CT molecular complexity index is 326. The van der Waals surface area contributed by atoms with E-state index in [2.05, 4.69) is 22.3 Å². The molecule has 1 saturated carbocycles. The van der Waals surface area contributed by atoms with Gasteiger partial charge in [-0.25, -0.2) is 9.67 Å². The van der Waals surface area contributed by atoms with Gasteiger partial charge >= 0.3 is 0 Å². The molecule has 0 atom stereocenters. The highest BCUT2D eigenvalue weighted by Crippen LogP contribution is 2.17. The van der Waals surface area contributed by atoms with Crippen molar-refractivity contribution in [1.82, 2.24) is 20.1 Å². The van der Waals surface area contributed by atoms with E-state index in [0.717, 1.165) is 25.3 Å². The van der Waals surface area contributed by atoms with Gasteiger partial charge in [-0.15, -0.1) is 0 Å². The lowest BCUT2D eigenvalue weighted by Gasteiger charge is -2.20. The Kier molecular flexibility index (Phi) is 5.65. The van der Waals surface area contributed by atoms with Crippen LogP contribution >= 0.6 is 0 Å². The van der Waals surface area contributed by atoms with Crippen molar-refractivity contribution in [2.24, 2.45) is 0 Å². The number of aryl methyl sites for hydroxylation is 1. The van der Waals surface area contributed by atoms with Gasteiger partial charge in [0.2, 0.25) is 0 Å². The molecule has 1 N–H and O–H groups in total. The quantitative estimate of drug-likeness (QED) is 0.873. The first-order chi connectivity index (χ1) is 8.90. The SMILES string of the molecule is CCCn1ncnc1CNC1CCCCCCC1. The monoisotopic (exact) mass is 250 g/mol. The number of nitrogens with zero attached hydrogens (tertiary/aromatic N) is 3. The van der Waals surface area contributed by atoms with Gasteiger partial charge in [0.05, 0.1) is 6.54 Å². The molecule has 0 aromatic carbocycles. The van der Waals surface area contributed by atoms with Crippen LogP contribution in [-0.4, -0.2) is 20.8 Å². The maximum absolute atomic E-state index is 4.35. The van der Waals surface area contributed by atoms with E-state index >= 15 is 0 Å². The Labute approximate surface area is 110 Å². The van der Waals surface area contributed by atoms with Crippen LogP contribution in [0.25, 0.3) is 0 Å². The van der Waals surface area contributed by atoms with Crippen molar-refractivity contribution >= 4 is 0 Å². The first kappa shape index (κ1) is 13.5. The molecule has 1 aliphatic rings. The summed E-state index contributed by atoms with van der Waals surface area (Å²) in [6, 6.07) is 0.678. The third-order valence-corrected chi connectivity index (χ3v) is 3.79. The second-order valence-corrected chi connectivity index (χ2v) is 5.32. The van der Waals surface area contributed by atoms with Crippen molar-refractivity contribution in [3.05, 3.63) is 12.2 Å². The molecule has 0 spiro atoms. The summed E-state index contributed by atoms with van der Waals surface area (Å²) < 4.78 is 2.02. The number of hydrogen-bond acceptors (Lipinski definition) is 3. The largest absolute Gasteiger partial charge is 0.307 e. The van der Waals surface area contributed by atoms with Crippen molar-refractivity contribution in [2.45, 2.75) is 77.4 Å². The fourth-order valence-corrected chi connectivity index (χ4v) is 2.72. The van der Waals surface area contributed by atoms with E-state index in [0.29, 0.717) is 6.04 Å². The van der Waals surface area contributed by atoms with Crippen molar-refractivity contribution < 1.29 is 0 Å². The average Bonchev–Trinajstić information content (AvgIpc) is 2.76. The summed E-state index contributed by atoms with van der Waals surface area (Å²) >= 11 is 0. The van der Waals surface area contributed by atoms with Crippen molar-refractivity contribution in [3.8, 4) is 0 Å². The topological polar surface area (TPSA) is 42.7 Å². The smallest absolute Gasteiger partial charge is 0.140 e. The first-order valence-corrected chi connectivity index (χ1v) is 7.50. The van der Waals surface area contributed by atoms with Crippen molar-refractivity contribution in [1.29, 1.82) is 0 Å². The molecule has 0 unspecified atom stereocenters. The summed E-state index contributed by atoms with van der Waals surface area (Å²) in [4.78, 5) is 4.35. The molecule has 1 aromatic heterocycles. The first-order valence-electron chi connectivity index (χ1n) is 7.50. The lowest BCUT2D eigenvalue weighted by molar-refractivity contribution is 0.381. The van der Waals surface area contributed by atoms with Crippen LogP contribution in [0.4, 0.5) is 0 Å². The fourth-order valence-electron chi connectivity index (χ4n) is 2.72. The van der Waals surface area contributed by atoms with Gasteiger partial charge in [0.1, 0.15) is 12.2 Å². The Morgan fingerprint density at radius 2 is 1.94 bits per heavy atom. The lowest BCUT2D eigenvalue weighted by atomic mass is 9.97. The average molecular weight is 250 g/mol. The van der Waals surface area contributed by atoms with Gasteiger partial charge in [-0.05, 0) is 19.3 Å². The molecule has 0 amide bonds. The molecular formula is C14H26N4. The maximum atomic E-state index is 4.35. The number of aromatic nitrogens is 3. The van der Waals surface area contributed by atoms with Gasteiger partial charge in [0.15, 0.2) is 0 Å². The third-order valence-electron chi connectivity index (χ3n) is 3.79. The molecule has 0 aliphatic heterocycles.